The van der Waals surface area contributed by atoms with Crippen molar-refractivity contribution in [2.75, 3.05) is 0 Å². The normalized spacial score (nSPS) is 18.6. The maximum atomic E-state index is 12.4. The molecular weight excluding hydrogens is 372 g/mol. The molecule has 8 N–H and O–H groups in total. The number of aliphatic hydroxyl groups excluding tert-OH is 2. The standard InChI is InChI=1S/C17H32N4O7/c1-6-7(2)12(17(27)28)20-16(26)13(10(5)23)21-14(24)8(3)19-15(25)11(18)9(4)22/h7-13,22-23H,6,18H2,1-5H3,(H,19,25)(H,20,26)(H,21,24)(H,27,28). The minimum Gasteiger partial charge on any atom is -0.480 e. The second-order valence-corrected chi connectivity index (χ2v) is 6.93. The SMILES string of the molecule is CCC(C)C(NC(=O)C(NC(=O)C(C)NC(=O)C(N)C(C)O)C(C)O)C(=O)O. The fraction of sp³-hybridized carbons (Fsp3) is 0.765. The van der Waals surface area contributed by atoms with Gasteiger partial charge in [-0.15, -0.1) is 0 Å². The number of hydrogen-bond donors (Lipinski definition) is 7. The lowest BCUT2D eigenvalue weighted by Crippen LogP contribution is -2.60. The lowest BCUT2D eigenvalue weighted by Gasteiger charge is -2.27. The molecule has 0 rings (SSSR count). The number of carboxylic acids is 1. The van der Waals surface area contributed by atoms with Crippen LogP contribution in [0, 0.1) is 5.92 Å². The number of carbonyl (C=O) groups is 4. The van der Waals surface area contributed by atoms with Crippen LogP contribution in [0.3, 0.4) is 0 Å². The van der Waals surface area contributed by atoms with Crippen molar-refractivity contribution < 1.29 is 34.5 Å². The Balaban J connectivity index is 5.09. The average Bonchev–Trinajstić information content (AvgIpc) is 2.61. The Kier molecular flexibility index (Phi) is 10.6. The third-order valence-corrected chi connectivity index (χ3v) is 4.41. The smallest absolute Gasteiger partial charge is 0.326 e. The van der Waals surface area contributed by atoms with Gasteiger partial charge in [-0.3, -0.25) is 14.4 Å². The fourth-order valence-electron chi connectivity index (χ4n) is 2.20. The number of amides is 3. The van der Waals surface area contributed by atoms with Gasteiger partial charge in [0, 0.05) is 0 Å². The molecule has 3 amide bonds. The number of rotatable bonds is 11. The van der Waals surface area contributed by atoms with E-state index in [1.54, 1.807) is 13.8 Å². The van der Waals surface area contributed by atoms with Crippen molar-refractivity contribution in [3.63, 3.8) is 0 Å². The van der Waals surface area contributed by atoms with Crippen LogP contribution in [-0.2, 0) is 19.2 Å². The van der Waals surface area contributed by atoms with E-state index in [1.807, 2.05) is 0 Å². The van der Waals surface area contributed by atoms with E-state index >= 15 is 0 Å². The topological polar surface area (TPSA) is 191 Å². The first kappa shape index (κ1) is 25.8. The Morgan fingerprint density at radius 1 is 0.821 bits per heavy atom. The summed E-state index contributed by atoms with van der Waals surface area (Å²) >= 11 is 0. The number of nitrogens with one attached hydrogen (secondary N) is 3. The number of hydrogen-bond acceptors (Lipinski definition) is 7. The Labute approximate surface area is 164 Å². The highest BCUT2D eigenvalue weighted by Crippen LogP contribution is 2.09. The van der Waals surface area contributed by atoms with Gasteiger partial charge in [-0.2, -0.15) is 0 Å². The zero-order valence-electron chi connectivity index (χ0n) is 16.8. The van der Waals surface area contributed by atoms with E-state index in [0.29, 0.717) is 6.42 Å². The fourth-order valence-corrected chi connectivity index (χ4v) is 2.20. The summed E-state index contributed by atoms with van der Waals surface area (Å²) in [6.45, 7) is 7.33. The average molecular weight is 404 g/mol. The summed E-state index contributed by atoms with van der Waals surface area (Å²) < 4.78 is 0. The van der Waals surface area contributed by atoms with Crippen LogP contribution in [0.15, 0.2) is 0 Å². The van der Waals surface area contributed by atoms with Gasteiger partial charge in [-0.1, -0.05) is 20.3 Å². The molecule has 7 atom stereocenters. The number of carbonyl (C=O) groups excluding carboxylic acids is 3. The quantitative estimate of drug-likeness (QED) is 0.199. The van der Waals surface area contributed by atoms with Gasteiger partial charge in [0.15, 0.2) is 0 Å². The van der Waals surface area contributed by atoms with Crippen LogP contribution in [-0.4, -0.2) is 75.4 Å². The highest BCUT2D eigenvalue weighted by Gasteiger charge is 2.33. The van der Waals surface area contributed by atoms with Gasteiger partial charge in [-0.25, -0.2) is 4.79 Å². The van der Waals surface area contributed by atoms with E-state index in [1.165, 1.54) is 20.8 Å². The van der Waals surface area contributed by atoms with Crippen molar-refractivity contribution >= 4 is 23.7 Å². The van der Waals surface area contributed by atoms with E-state index in [4.69, 9.17) is 5.73 Å². The molecule has 0 aliphatic heterocycles. The third kappa shape index (κ3) is 7.79. The van der Waals surface area contributed by atoms with Crippen LogP contribution in [0.1, 0.15) is 41.0 Å². The Bertz CT molecular complexity index is 568. The maximum Gasteiger partial charge on any atom is 0.326 e. The second kappa shape index (κ2) is 11.6. The molecule has 162 valence electrons. The van der Waals surface area contributed by atoms with Gasteiger partial charge in [0.1, 0.15) is 24.2 Å². The minimum absolute atomic E-state index is 0.369. The van der Waals surface area contributed by atoms with Crippen molar-refractivity contribution in [2.45, 2.75) is 77.4 Å². The van der Waals surface area contributed by atoms with E-state index < -0.39 is 60.1 Å². The molecule has 0 aromatic rings. The van der Waals surface area contributed by atoms with Crippen LogP contribution in [0.25, 0.3) is 0 Å². The molecule has 0 fully saturated rings. The third-order valence-electron chi connectivity index (χ3n) is 4.41. The summed E-state index contributed by atoms with van der Waals surface area (Å²) in [5.74, 6) is -4.02. The second-order valence-electron chi connectivity index (χ2n) is 6.93. The molecule has 0 bridgehead atoms. The van der Waals surface area contributed by atoms with E-state index in [0.717, 1.165) is 0 Å². The Morgan fingerprint density at radius 3 is 1.71 bits per heavy atom. The summed E-state index contributed by atoms with van der Waals surface area (Å²) in [5.41, 5.74) is 5.48. The molecule has 11 nitrogen and oxygen atoms in total. The molecule has 0 aliphatic rings. The monoisotopic (exact) mass is 404 g/mol. The predicted octanol–water partition coefficient (Wildman–Crippen LogP) is -2.32. The first-order valence-electron chi connectivity index (χ1n) is 9.09. The van der Waals surface area contributed by atoms with E-state index in [-0.39, 0.29) is 5.92 Å². The summed E-state index contributed by atoms with van der Waals surface area (Å²) in [6, 6.07) is -4.96. The number of aliphatic carboxylic acids is 1. The molecular formula is C17H32N4O7. The lowest BCUT2D eigenvalue weighted by molar-refractivity contribution is -0.144. The molecule has 0 radical (unpaired) electrons. The maximum absolute atomic E-state index is 12.4. The van der Waals surface area contributed by atoms with Crippen molar-refractivity contribution in [3.8, 4) is 0 Å². The summed E-state index contributed by atoms with van der Waals surface area (Å²) in [5, 5.41) is 35.3. The number of carboxylic acid groups (broad SMARTS) is 1. The van der Waals surface area contributed by atoms with Crippen LogP contribution in [0.4, 0.5) is 0 Å². The van der Waals surface area contributed by atoms with Crippen molar-refractivity contribution in [1.29, 1.82) is 0 Å². The zero-order chi connectivity index (χ0) is 22.2. The van der Waals surface area contributed by atoms with Crippen molar-refractivity contribution in [3.05, 3.63) is 0 Å². The molecule has 11 heteroatoms. The van der Waals surface area contributed by atoms with Gasteiger partial charge >= 0.3 is 5.97 Å². The van der Waals surface area contributed by atoms with Crippen molar-refractivity contribution in [1.82, 2.24) is 16.0 Å². The van der Waals surface area contributed by atoms with Gasteiger partial charge in [0.2, 0.25) is 17.7 Å². The van der Waals surface area contributed by atoms with Crippen LogP contribution in [0.2, 0.25) is 0 Å². The van der Waals surface area contributed by atoms with Gasteiger partial charge in [-0.05, 0) is 26.7 Å². The minimum atomic E-state index is -1.43. The molecule has 0 saturated carbocycles. The van der Waals surface area contributed by atoms with Gasteiger partial charge < -0.3 is 37.0 Å². The highest BCUT2D eigenvalue weighted by atomic mass is 16.4. The number of nitrogens with two attached hydrogens (primary N) is 1. The van der Waals surface area contributed by atoms with Crippen LogP contribution >= 0.6 is 0 Å². The first-order valence-corrected chi connectivity index (χ1v) is 9.09. The Morgan fingerprint density at radius 2 is 1.32 bits per heavy atom. The van der Waals surface area contributed by atoms with E-state index in [9.17, 15) is 34.5 Å². The van der Waals surface area contributed by atoms with Gasteiger partial charge in [0.25, 0.3) is 0 Å². The molecule has 7 unspecified atom stereocenters. The molecule has 0 aromatic carbocycles. The molecule has 0 aromatic heterocycles. The molecule has 0 spiro atoms. The van der Waals surface area contributed by atoms with E-state index in [2.05, 4.69) is 16.0 Å². The number of aliphatic hydroxyl groups is 2. The zero-order valence-corrected chi connectivity index (χ0v) is 16.8. The largest absolute Gasteiger partial charge is 0.480 e. The van der Waals surface area contributed by atoms with Crippen LogP contribution in [0.5, 0.6) is 0 Å². The van der Waals surface area contributed by atoms with Crippen LogP contribution < -0.4 is 21.7 Å². The highest BCUT2D eigenvalue weighted by molar-refractivity contribution is 5.94. The van der Waals surface area contributed by atoms with Gasteiger partial charge in [0.05, 0.1) is 12.2 Å². The summed E-state index contributed by atoms with van der Waals surface area (Å²) in [4.78, 5) is 47.8. The summed E-state index contributed by atoms with van der Waals surface area (Å²) in [7, 11) is 0. The predicted molar refractivity (Wildman–Crippen MR) is 99.9 cm³/mol. The molecule has 0 saturated heterocycles. The first-order chi connectivity index (χ1) is 12.8. The Hall–Kier alpha value is -2.24. The molecule has 0 aliphatic carbocycles. The molecule has 28 heavy (non-hydrogen) atoms. The van der Waals surface area contributed by atoms with Crippen molar-refractivity contribution in [2.24, 2.45) is 11.7 Å². The molecule has 0 heterocycles. The lowest BCUT2D eigenvalue weighted by atomic mass is 9.98. The summed E-state index contributed by atoms with van der Waals surface area (Å²) in [6.07, 6.45) is -1.95.